The topological polar surface area (TPSA) is 66.7 Å². The molecular weight excluding hydrogens is 328 g/mol. The van der Waals surface area contributed by atoms with Gasteiger partial charge in [-0.05, 0) is 24.1 Å². The van der Waals surface area contributed by atoms with Crippen LogP contribution in [-0.2, 0) is 6.54 Å². The number of imidazole rings is 1. The number of nitrogens with zero attached hydrogens (tertiary/aromatic N) is 3. The maximum atomic E-state index is 12.9. The predicted molar refractivity (Wildman–Crippen MR) is 100 cm³/mol. The van der Waals surface area contributed by atoms with Gasteiger partial charge in [0.15, 0.2) is 5.69 Å². The Morgan fingerprint density at radius 2 is 1.85 bits per heavy atom. The number of hydrogen-bond acceptors (Lipinski definition) is 3. The Labute approximate surface area is 152 Å². The number of carbonyl (C=O) groups is 2. The number of aromatic nitrogens is 2. The third-order valence-electron chi connectivity index (χ3n) is 4.10. The van der Waals surface area contributed by atoms with E-state index in [1.54, 1.807) is 28.6 Å². The number of benzene rings is 1. The van der Waals surface area contributed by atoms with Crippen LogP contribution < -0.4 is 5.32 Å². The lowest BCUT2D eigenvalue weighted by Crippen LogP contribution is -2.27. The predicted octanol–water partition coefficient (Wildman–Crippen LogP) is 2.75. The monoisotopic (exact) mass is 350 g/mol. The van der Waals surface area contributed by atoms with Crippen LogP contribution in [0.5, 0.6) is 0 Å². The van der Waals surface area contributed by atoms with E-state index in [1.165, 1.54) is 0 Å². The normalized spacial score (nSPS) is 10.7. The Bertz CT molecular complexity index is 918. The summed E-state index contributed by atoms with van der Waals surface area (Å²) >= 11 is 0. The van der Waals surface area contributed by atoms with Crippen LogP contribution in [0.3, 0.4) is 0 Å². The maximum Gasteiger partial charge on any atom is 0.287 e. The Morgan fingerprint density at radius 1 is 1.12 bits per heavy atom. The lowest BCUT2D eigenvalue weighted by atomic mass is 10.2. The molecule has 0 fully saturated rings. The van der Waals surface area contributed by atoms with Crippen molar-refractivity contribution in [3.8, 4) is 0 Å². The van der Waals surface area contributed by atoms with Crippen LogP contribution >= 0.6 is 0 Å². The van der Waals surface area contributed by atoms with E-state index >= 15 is 0 Å². The molecule has 1 N–H and O–H groups in total. The van der Waals surface area contributed by atoms with Gasteiger partial charge < -0.3 is 10.2 Å². The molecule has 3 aromatic rings. The van der Waals surface area contributed by atoms with Gasteiger partial charge in [0, 0.05) is 26.3 Å². The second-order valence-electron chi connectivity index (χ2n) is 6.14. The molecule has 0 aliphatic heterocycles. The van der Waals surface area contributed by atoms with E-state index < -0.39 is 0 Å². The van der Waals surface area contributed by atoms with Crippen LogP contribution in [0.4, 0.5) is 0 Å². The zero-order valence-corrected chi connectivity index (χ0v) is 15.0. The van der Waals surface area contributed by atoms with Gasteiger partial charge in [0.05, 0.1) is 5.52 Å². The van der Waals surface area contributed by atoms with Crippen LogP contribution in [0.2, 0.25) is 0 Å². The first-order chi connectivity index (χ1) is 12.6. The number of amides is 2. The molecule has 6 heteroatoms. The molecule has 0 aliphatic rings. The molecule has 0 atom stereocenters. The van der Waals surface area contributed by atoms with E-state index in [0.717, 1.165) is 12.0 Å². The summed E-state index contributed by atoms with van der Waals surface area (Å²) in [6.45, 7) is 3.03. The second kappa shape index (κ2) is 7.82. The molecule has 0 spiro atoms. The molecule has 0 saturated heterocycles. The lowest BCUT2D eigenvalue weighted by Gasteiger charge is -2.16. The van der Waals surface area contributed by atoms with Crippen molar-refractivity contribution >= 4 is 17.3 Å². The van der Waals surface area contributed by atoms with Gasteiger partial charge in [0.2, 0.25) is 5.82 Å². The van der Waals surface area contributed by atoms with Gasteiger partial charge in [-0.15, -0.1) is 0 Å². The van der Waals surface area contributed by atoms with E-state index in [4.69, 9.17) is 0 Å². The minimum Gasteiger partial charge on any atom is -0.349 e. The van der Waals surface area contributed by atoms with Gasteiger partial charge in [-0.2, -0.15) is 0 Å². The largest absolute Gasteiger partial charge is 0.349 e. The Morgan fingerprint density at radius 3 is 2.58 bits per heavy atom. The standard InChI is InChI=1S/C20H22N4O2/c1-3-12-21-19(25)18-22-17(16-11-7-8-13-24(16)18)20(26)23(2)14-15-9-5-4-6-10-15/h4-11,13H,3,12,14H2,1-2H3,(H,21,25). The summed E-state index contributed by atoms with van der Waals surface area (Å²) in [5.41, 5.74) is 1.94. The highest BCUT2D eigenvalue weighted by molar-refractivity contribution is 6.02. The van der Waals surface area contributed by atoms with Gasteiger partial charge >= 0.3 is 0 Å². The molecule has 0 unspecified atom stereocenters. The highest BCUT2D eigenvalue weighted by atomic mass is 16.2. The lowest BCUT2D eigenvalue weighted by molar-refractivity contribution is 0.0782. The van der Waals surface area contributed by atoms with Gasteiger partial charge in [-0.25, -0.2) is 4.98 Å². The van der Waals surface area contributed by atoms with Crippen LogP contribution in [0.15, 0.2) is 54.7 Å². The molecular formula is C20H22N4O2. The minimum atomic E-state index is -0.280. The molecule has 0 aliphatic carbocycles. The molecule has 26 heavy (non-hydrogen) atoms. The molecule has 134 valence electrons. The first-order valence-electron chi connectivity index (χ1n) is 8.66. The average molecular weight is 350 g/mol. The fraction of sp³-hybridized carbons (Fsp3) is 0.250. The molecule has 0 saturated carbocycles. The quantitative estimate of drug-likeness (QED) is 0.743. The summed E-state index contributed by atoms with van der Waals surface area (Å²) in [5, 5.41) is 2.81. The van der Waals surface area contributed by atoms with E-state index in [1.807, 2.05) is 49.4 Å². The summed E-state index contributed by atoms with van der Waals surface area (Å²) in [5.74, 6) is -0.268. The maximum absolute atomic E-state index is 12.9. The molecule has 0 radical (unpaired) electrons. The summed E-state index contributed by atoms with van der Waals surface area (Å²) in [6, 6.07) is 15.2. The second-order valence-corrected chi connectivity index (χ2v) is 6.14. The molecule has 0 bridgehead atoms. The smallest absolute Gasteiger partial charge is 0.287 e. The molecule has 1 aromatic carbocycles. The van der Waals surface area contributed by atoms with E-state index in [9.17, 15) is 9.59 Å². The average Bonchev–Trinajstić information content (AvgIpc) is 3.06. The minimum absolute atomic E-state index is 0.216. The van der Waals surface area contributed by atoms with Crippen LogP contribution in [-0.4, -0.2) is 39.7 Å². The van der Waals surface area contributed by atoms with Gasteiger partial charge in [0.1, 0.15) is 0 Å². The number of rotatable bonds is 6. The van der Waals surface area contributed by atoms with Gasteiger partial charge in [-0.3, -0.25) is 14.0 Å². The van der Waals surface area contributed by atoms with Crippen molar-refractivity contribution in [2.75, 3.05) is 13.6 Å². The number of fused-ring (bicyclic) bond motifs is 1. The SMILES string of the molecule is CCCNC(=O)c1nc(C(=O)N(C)Cc2ccccc2)c2ccccn12. The van der Waals surface area contributed by atoms with E-state index in [2.05, 4.69) is 10.3 Å². The molecule has 6 nitrogen and oxygen atoms in total. The third kappa shape index (κ3) is 3.59. The Kier molecular flexibility index (Phi) is 5.31. The highest BCUT2D eigenvalue weighted by Gasteiger charge is 2.23. The van der Waals surface area contributed by atoms with Crippen molar-refractivity contribution in [3.63, 3.8) is 0 Å². The number of hydrogen-bond donors (Lipinski definition) is 1. The van der Waals surface area contributed by atoms with Crippen molar-refractivity contribution in [2.45, 2.75) is 19.9 Å². The zero-order valence-electron chi connectivity index (χ0n) is 15.0. The zero-order chi connectivity index (χ0) is 18.5. The Balaban J connectivity index is 1.91. The first kappa shape index (κ1) is 17.7. The molecule has 3 rings (SSSR count). The van der Waals surface area contributed by atoms with Crippen molar-refractivity contribution in [2.24, 2.45) is 0 Å². The van der Waals surface area contributed by atoms with Crippen molar-refractivity contribution in [3.05, 3.63) is 71.8 Å². The van der Waals surface area contributed by atoms with Crippen molar-refractivity contribution < 1.29 is 9.59 Å². The fourth-order valence-corrected chi connectivity index (χ4v) is 2.78. The summed E-state index contributed by atoms with van der Waals surface area (Å²) in [6.07, 6.45) is 2.58. The van der Waals surface area contributed by atoms with Gasteiger partial charge in [0.25, 0.3) is 11.8 Å². The summed E-state index contributed by atoms with van der Waals surface area (Å²) in [7, 11) is 1.74. The van der Waals surface area contributed by atoms with Crippen LogP contribution in [0.25, 0.3) is 5.52 Å². The van der Waals surface area contributed by atoms with Gasteiger partial charge in [-0.1, -0.05) is 43.3 Å². The molecule has 2 heterocycles. The molecule has 2 amide bonds. The summed E-state index contributed by atoms with van der Waals surface area (Å²) < 4.78 is 1.66. The highest BCUT2D eigenvalue weighted by Crippen LogP contribution is 2.16. The summed E-state index contributed by atoms with van der Waals surface area (Å²) in [4.78, 5) is 31.3. The molecule has 2 aromatic heterocycles. The van der Waals surface area contributed by atoms with E-state index in [0.29, 0.717) is 18.6 Å². The van der Waals surface area contributed by atoms with Crippen molar-refractivity contribution in [1.82, 2.24) is 19.6 Å². The third-order valence-corrected chi connectivity index (χ3v) is 4.10. The fourth-order valence-electron chi connectivity index (χ4n) is 2.78. The number of nitrogens with one attached hydrogen (secondary N) is 1. The number of pyridine rings is 1. The Hall–Kier alpha value is -3.15. The van der Waals surface area contributed by atoms with Crippen LogP contribution in [0.1, 0.15) is 40.0 Å². The van der Waals surface area contributed by atoms with E-state index in [-0.39, 0.29) is 23.3 Å². The first-order valence-corrected chi connectivity index (χ1v) is 8.66. The van der Waals surface area contributed by atoms with Crippen LogP contribution in [0, 0.1) is 0 Å². The number of carbonyl (C=O) groups excluding carboxylic acids is 2. The van der Waals surface area contributed by atoms with Crippen molar-refractivity contribution in [1.29, 1.82) is 0 Å².